The summed E-state index contributed by atoms with van der Waals surface area (Å²) < 4.78 is 5.13. The molecule has 148 valence electrons. The molecule has 0 fully saturated rings. The van der Waals surface area contributed by atoms with Gasteiger partial charge in [-0.25, -0.2) is 4.98 Å². The Balaban J connectivity index is 1.37. The van der Waals surface area contributed by atoms with Crippen molar-refractivity contribution in [1.29, 1.82) is 0 Å². The van der Waals surface area contributed by atoms with Crippen molar-refractivity contribution < 1.29 is 14.3 Å². The summed E-state index contributed by atoms with van der Waals surface area (Å²) in [7, 11) is 1.62. The number of rotatable bonds is 7. The van der Waals surface area contributed by atoms with Crippen molar-refractivity contribution in [3.05, 3.63) is 57.4 Å². The van der Waals surface area contributed by atoms with Crippen LogP contribution in [-0.4, -0.2) is 34.1 Å². The van der Waals surface area contributed by atoms with Crippen LogP contribution in [0.25, 0.3) is 10.2 Å². The van der Waals surface area contributed by atoms with Crippen molar-refractivity contribution in [2.24, 2.45) is 0 Å². The maximum Gasteiger partial charge on any atom is 0.285 e. The minimum Gasteiger partial charge on any atom is -0.497 e. The molecule has 3 aromatic heterocycles. The number of amides is 2. The average molecular weight is 428 g/mol. The maximum atomic E-state index is 12.3. The Hall–Kier alpha value is -3.24. The van der Waals surface area contributed by atoms with E-state index >= 15 is 0 Å². The van der Waals surface area contributed by atoms with Crippen LogP contribution in [0.5, 0.6) is 5.75 Å². The zero-order chi connectivity index (χ0) is 20.2. The van der Waals surface area contributed by atoms with Crippen LogP contribution in [-0.2, 0) is 17.8 Å². The highest BCUT2D eigenvalue weighted by atomic mass is 32.1. The number of ether oxygens (including phenoxy) is 1. The molecule has 29 heavy (non-hydrogen) atoms. The highest BCUT2D eigenvalue weighted by Gasteiger charge is 2.16. The normalized spacial score (nSPS) is 10.8. The van der Waals surface area contributed by atoms with Crippen molar-refractivity contribution >= 4 is 50.5 Å². The van der Waals surface area contributed by atoms with Gasteiger partial charge in [-0.05, 0) is 23.8 Å². The SMILES string of the molecule is COc1ccc(CNC(=O)Cc2cc3c(NC(=O)c4nccs4)[nH]nc3s2)cc1. The smallest absolute Gasteiger partial charge is 0.285 e. The Kier molecular flexibility index (Phi) is 5.54. The molecular weight excluding hydrogens is 410 g/mol. The molecule has 0 saturated carbocycles. The van der Waals surface area contributed by atoms with Crippen LogP contribution in [0.15, 0.2) is 41.9 Å². The first-order valence-electron chi connectivity index (χ1n) is 8.69. The molecule has 4 rings (SSSR count). The number of carbonyl (C=O) groups excluding carboxylic acids is 2. The zero-order valence-electron chi connectivity index (χ0n) is 15.4. The Morgan fingerprint density at radius 3 is 2.79 bits per heavy atom. The van der Waals surface area contributed by atoms with E-state index < -0.39 is 0 Å². The Bertz CT molecular complexity index is 1130. The number of methoxy groups -OCH3 is 1. The summed E-state index contributed by atoms with van der Waals surface area (Å²) in [5.41, 5.74) is 0.993. The number of thiophene rings is 1. The van der Waals surface area contributed by atoms with E-state index in [1.54, 1.807) is 18.7 Å². The van der Waals surface area contributed by atoms with E-state index in [0.29, 0.717) is 17.4 Å². The lowest BCUT2D eigenvalue weighted by molar-refractivity contribution is -0.120. The third kappa shape index (κ3) is 4.44. The standard InChI is InChI=1S/C19H17N5O3S2/c1-27-12-4-2-11(3-5-12)10-21-15(25)9-13-8-14-16(23-24-18(14)29-13)22-17(26)19-20-6-7-28-19/h2-8H,9-10H2,1H3,(H,21,25)(H2,22,23,24,26). The number of aromatic amines is 1. The number of anilines is 1. The second kappa shape index (κ2) is 8.41. The topological polar surface area (TPSA) is 109 Å². The molecule has 0 aliphatic rings. The van der Waals surface area contributed by atoms with Gasteiger partial charge in [-0.2, -0.15) is 5.10 Å². The molecule has 0 bridgehead atoms. The number of nitrogens with zero attached hydrogens (tertiary/aromatic N) is 2. The number of carbonyl (C=O) groups is 2. The van der Waals surface area contributed by atoms with Crippen LogP contribution in [0.4, 0.5) is 5.82 Å². The molecule has 0 unspecified atom stereocenters. The van der Waals surface area contributed by atoms with Crippen molar-refractivity contribution in [3.63, 3.8) is 0 Å². The van der Waals surface area contributed by atoms with E-state index in [1.165, 1.54) is 22.7 Å². The minimum atomic E-state index is -0.296. The Morgan fingerprint density at radius 2 is 2.07 bits per heavy atom. The molecule has 10 heteroatoms. The molecule has 2 amide bonds. The molecular formula is C19H17N5O3S2. The van der Waals surface area contributed by atoms with Gasteiger partial charge in [-0.15, -0.1) is 22.7 Å². The summed E-state index contributed by atoms with van der Waals surface area (Å²) in [4.78, 5) is 30.1. The lowest BCUT2D eigenvalue weighted by Gasteiger charge is -2.05. The van der Waals surface area contributed by atoms with Gasteiger partial charge in [0.05, 0.1) is 18.9 Å². The van der Waals surface area contributed by atoms with E-state index in [0.717, 1.165) is 26.4 Å². The second-order valence-corrected chi connectivity index (χ2v) is 8.13. The molecule has 3 N–H and O–H groups in total. The van der Waals surface area contributed by atoms with E-state index in [9.17, 15) is 9.59 Å². The highest BCUT2D eigenvalue weighted by molar-refractivity contribution is 7.18. The number of benzene rings is 1. The molecule has 3 heterocycles. The Morgan fingerprint density at radius 1 is 1.24 bits per heavy atom. The fourth-order valence-corrected chi connectivity index (χ4v) is 4.23. The monoisotopic (exact) mass is 427 g/mol. The number of thiazole rings is 1. The van der Waals surface area contributed by atoms with Crippen molar-refractivity contribution in [2.45, 2.75) is 13.0 Å². The number of H-pyrrole nitrogens is 1. The largest absolute Gasteiger partial charge is 0.497 e. The molecule has 0 aliphatic heterocycles. The van der Waals surface area contributed by atoms with Crippen LogP contribution in [0.3, 0.4) is 0 Å². The first kappa shape index (κ1) is 19.1. The van der Waals surface area contributed by atoms with Gasteiger partial charge < -0.3 is 15.4 Å². The number of fused-ring (bicyclic) bond motifs is 1. The van der Waals surface area contributed by atoms with Gasteiger partial charge in [0, 0.05) is 23.0 Å². The molecule has 4 aromatic rings. The van der Waals surface area contributed by atoms with Gasteiger partial charge >= 0.3 is 0 Å². The summed E-state index contributed by atoms with van der Waals surface area (Å²) in [6.07, 6.45) is 1.83. The van der Waals surface area contributed by atoms with Crippen LogP contribution >= 0.6 is 22.7 Å². The van der Waals surface area contributed by atoms with Gasteiger partial charge in [-0.3, -0.25) is 14.7 Å². The molecule has 0 spiro atoms. The molecule has 0 radical (unpaired) electrons. The average Bonchev–Trinajstić information content (AvgIpc) is 3.46. The molecule has 0 aliphatic carbocycles. The van der Waals surface area contributed by atoms with Gasteiger partial charge in [0.15, 0.2) is 5.01 Å². The predicted molar refractivity (Wildman–Crippen MR) is 113 cm³/mol. The minimum absolute atomic E-state index is 0.0814. The molecule has 0 saturated heterocycles. The zero-order valence-corrected chi connectivity index (χ0v) is 17.0. The van der Waals surface area contributed by atoms with E-state index in [1.807, 2.05) is 30.3 Å². The van der Waals surface area contributed by atoms with Gasteiger partial charge in [0.2, 0.25) is 5.91 Å². The van der Waals surface area contributed by atoms with Crippen LogP contribution in [0.2, 0.25) is 0 Å². The summed E-state index contributed by atoms with van der Waals surface area (Å²) >= 11 is 2.68. The number of hydrogen-bond donors (Lipinski definition) is 3. The second-order valence-electron chi connectivity index (χ2n) is 6.12. The number of nitrogens with one attached hydrogen (secondary N) is 3. The summed E-state index contributed by atoms with van der Waals surface area (Å²) in [6, 6.07) is 9.41. The van der Waals surface area contributed by atoms with Gasteiger partial charge in [-0.1, -0.05) is 12.1 Å². The Labute approximate surface area is 173 Å². The first-order valence-corrected chi connectivity index (χ1v) is 10.4. The molecule has 8 nitrogen and oxygen atoms in total. The van der Waals surface area contributed by atoms with Gasteiger partial charge in [0.1, 0.15) is 16.4 Å². The van der Waals surface area contributed by atoms with Crippen LogP contribution < -0.4 is 15.4 Å². The quantitative estimate of drug-likeness (QED) is 0.420. The van der Waals surface area contributed by atoms with Crippen molar-refractivity contribution in [1.82, 2.24) is 20.5 Å². The maximum absolute atomic E-state index is 12.3. The third-order valence-electron chi connectivity index (χ3n) is 4.15. The van der Waals surface area contributed by atoms with E-state index in [4.69, 9.17) is 4.74 Å². The lowest BCUT2D eigenvalue weighted by Crippen LogP contribution is -2.24. The van der Waals surface area contributed by atoms with E-state index in [-0.39, 0.29) is 18.2 Å². The van der Waals surface area contributed by atoms with Gasteiger partial charge in [0.25, 0.3) is 5.91 Å². The van der Waals surface area contributed by atoms with Crippen LogP contribution in [0, 0.1) is 0 Å². The fraction of sp³-hybridized carbons (Fsp3) is 0.158. The fourth-order valence-electron chi connectivity index (χ4n) is 2.71. The van der Waals surface area contributed by atoms with Crippen molar-refractivity contribution in [3.8, 4) is 5.75 Å². The third-order valence-corrected chi connectivity index (χ3v) is 5.95. The summed E-state index contributed by atoms with van der Waals surface area (Å²) in [5, 5.41) is 15.6. The lowest BCUT2D eigenvalue weighted by atomic mass is 10.2. The first-order chi connectivity index (χ1) is 14.1. The van der Waals surface area contributed by atoms with E-state index in [2.05, 4.69) is 25.8 Å². The summed E-state index contributed by atoms with van der Waals surface area (Å²) in [5.74, 6) is 0.901. The highest BCUT2D eigenvalue weighted by Crippen LogP contribution is 2.29. The summed E-state index contributed by atoms with van der Waals surface area (Å²) in [6.45, 7) is 0.446. The molecule has 1 aromatic carbocycles. The molecule has 0 atom stereocenters. The van der Waals surface area contributed by atoms with Crippen molar-refractivity contribution in [2.75, 3.05) is 12.4 Å². The van der Waals surface area contributed by atoms with Crippen LogP contribution in [0.1, 0.15) is 20.2 Å². The number of aromatic nitrogens is 3. The predicted octanol–water partition coefficient (Wildman–Crippen LogP) is 3.20. The number of hydrogen-bond acceptors (Lipinski definition) is 7.